The van der Waals surface area contributed by atoms with Gasteiger partial charge in [0.05, 0.1) is 4.92 Å². The van der Waals surface area contributed by atoms with E-state index in [9.17, 15) is 14.9 Å². The van der Waals surface area contributed by atoms with Crippen LogP contribution in [0.1, 0.15) is 13.3 Å². The number of hydrogen-bond donors (Lipinski definition) is 1. The molecule has 0 heterocycles. The Labute approximate surface area is 114 Å². The summed E-state index contributed by atoms with van der Waals surface area (Å²) in [5.74, 6) is -0.652. The van der Waals surface area contributed by atoms with Gasteiger partial charge in [-0.2, -0.15) is 0 Å². The number of carboxylic acids is 1. The summed E-state index contributed by atoms with van der Waals surface area (Å²) in [5, 5.41) is 19.3. The molecule has 0 aliphatic heterocycles. The van der Waals surface area contributed by atoms with Gasteiger partial charge in [0, 0.05) is 17.7 Å². The van der Waals surface area contributed by atoms with Gasteiger partial charge in [-0.25, -0.2) is 4.79 Å². The van der Waals surface area contributed by atoms with E-state index in [1.807, 2.05) is 0 Å². The van der Waals surface area contributed by atoms with E-state index in [0.717, 1.165) is 0 Å². The molecule has 1 N–H and O–H groups in total. The average molecular weight is 286 g/mol. The van der Waals surface area contributed by atoms with Gasteiger partial charge in [0.2, 0.25) is 0 Å². The van der Waals surface area contributed by atoms with Crippen LogP contribution in [0.2, 0.25) is 5.02 Å². The fourth-order valence-corrected chi connectivity index (χ4v) is 1.59. The van der Waals surface area contributed by atoms with Crippen molar-refractivity contribution in [2.24, 2.45) is 0 Å². The predicted molar refractivity (Wildman–Crippen MR) is 69.6 cm³/mol. The third-order valence-corrected chi connectivity index (χ3v) is 2.65. The maximum atomic E-state index is 10.7. The number of hydrogen-bond acceptors (Lipinski definition) is 4. The zero-order valence-electron chi connectivity index (χ0n) is 10.1. The van der Waals surface area contributed by atoms with Crippen molar-refractivity contribution in [1.29, 1.82) is 0 Å². The molecule has 19 heavy (non-hydrogen) atoms. The Morgan fingerprint density at radius 3 is 2.74 bits per heavy atom. The van der Waals surface area contributed by atoms with E-state index in [1.165, 1.54) is 24.3 Å². The highest BCUT2D eigenvalue weighted by molar-refractivity contribution is 6.32. The lowest BCUT2D eigenvalue weighted by Gasteiger charge is -2.04. The molecule has 6 nitrogen and oxygen atoms in total. The molecule has 0 spiro atoms. The lowest BCUT2D eigenvalue weighted by molar-refractivity contribution is -0.384. The first-order valence-corrected chi connectivity index (χ1v) is 5.82. The van der Waals surface area contributed by atoms with Gasteiger partial charge in [0.1, 0.15) is 17.4 Å². The molecule has 102 valence electrons. The van der Waals surface area contributed by atoms with E-state index >= 15 is 0 Å². The van der Waals surface area contributed by atoms with Gasteiger partial charge in [-0.1, -0.05) is 18.5 Å². The fourth-order valence-electron chi connectivity index (χ4n) is 1.35. The summed E-state index contributed by atoms with van der Waals surface area (Å²) in [6, 6.07) is 3.96. The zero-order valence-corrected chi connectivity index (χ0v) is 10.9. The van der Waals surface area contributed by atoms with Crippen molar-refractivity contribution in [1.82, 2.24) is 0 Å². The van der Waals surface area contributed by atoms with Crippen molar-refractivity contribution in [3.05, 3.63) is 45.0 Å². The van der Waals surface area contributed by atoms with Crippen LogP contribution in [0.5, 0.6) is 5.75 Å². The fraction of sp³-hybridized carbons (Fsp3) is 0.250. The van der Waals surface area contributed by atoms with Crippen LogP contribution in [0.4, 0.5) is 5.69 Å². The Morgan fingerprint density at radius 1 is 1.58 bits per heavy atom. The monoisotopic (exact) mass is 285 g/mol. The van der Waals surface area contributed by atoms with Gasteiger partial charge < -0.3 is 9.84 Å². The number of nitro benzene ring substituents is 1. The van der Waals surface area contributed by atoms with E-state index in [0.29, 0.717) is 12.2 Å². The normalized spacial score (nSPS) is 11.2. The molecule has 7 heteroatoms. The summed E-state index contributed by atoms with van der Waals surface area (Å²) in [6.45, 7) is 1.78. The summed E-state index contributed by atoms with van der Waals surface area (Å²) in [5.41, 5.74) is 0.0392. The topological polar surface area (TPSA) is 89.7 Å². The first kappa shape index (κ1) is 15.0. The summed E-state index contributed by atoms with van der Waals surface area (Å²) >= 11 is 5.71. The molecule has 0 saturated heterocycles. The van der Waals surface area contributed by atoms with Gasteiger partial charge >= 0.3 is 5.97 Å². The Bertz CT molecular complexity index is 527. The van der Waals surface area contributed by atoms with E-state index in [4.69, 9.17) is 21.4 Å². The van der Waals surface area contributed by atoms with Crippen LogP contribution < -0.4 is 4.74 Å². The first-order valence-electron chi connectivity index (χ1n) is 5.44. The van der Waals surface area contributed by atoms with Gasteiger partial charge in [-0.15, -0.1) is 0 Å². The average Bonchev–Trinajstić information content (AvgIpc) is 2.33. The molecule has 0 amide bonds. The van der Waals surface area contributed by atoms with Crippen LogP contribution >= 0.6 is 11.6 Å². The maximum Gasteiger partial charge on any atom is 0.331 e. The molecular formula is C12H12ClNO5. The van der Waals surface area contributed by atoms with Crippen LogP contribution in [-0.4, -0.2) is 22.6 Å². The number of ether oxygens (including phenoxy) is 1. The third-order valence-electron chi connectivity index (χ3n) is 2.35. The minimum atomic E-state index is -0.993. The standard InChI is InChI=1S/C12H12ClNO5/c1-2-8(12(15)16)5-6-19-9-3-4-11(14(17)18)10(13)7-9/h3-5,7H,2,6H2,1H3,(H,15,16). The van der Waals surface area contributed by atoms with Crippen molar-refractivity contribution < 1.29 is 19.6 Å². The van der Waals surface area contributed by atoms with Crippen molar-refractivity contribution in [3.63, 3.8) is 0 Å². The molecule has 0 fully saturated rings. The molecule has 1 aromatic rings. The van der Waals surface area contributed by atoms with Crippen molar-refractivity contribution >= 4 is 23.3 Å². The van der Waals surface area contributed by atoms with Crippen molar-refractivity contribution in [3.8, 4) is 5.75 Å². The lowest BCUT2D eigenvalue weighted by atomic mass is 10.2. The molecule has 0 atom stereocenters. The lowest BCUT2D eigenvalue weighted by Crippen LogP contribution is -2.03. The van der Waals surface area contributed by atoms with Gasteiger partial charge in [-0.05, 0) is 18.6 Å². The van der Waals surface area contributed by atoms with Gasteiger partial charge in [0.25, 0.3) is 5.69 Å². The summed E-state index contributed by atoms with van der Waals surface area (Å²) < 4.78 is 5.26. The number of halogens is 1. The summed E-state index contributed by atoms with van der Waals surface area (Å²) in [6.07, 6.45) is 1.83. The second kappa shape index (κ2) is 6.75. The van der Waals surface area contributed by atoms with Crippen LogP contribution in [-0.2, 0) is 4.79 Å². The molecule has 1 rings (SSSR count). The minimum absolute atomic E-state index is 0.0274. The van der Waals surface area contributed by atoms with E-state index < -0.39 is 10.9 Å². The second-order valence-electron chi connectivity index (χ2n) is 3.57. The van der Waals surface area contributed by atoms with Gasteiger partial charge in [0.15, 0.2) is 0 Å². The van der Waals surface area contributed by atoms with Crippen LogP contribution in [0.15, 0.2) is 29.8 Å². The zero-order chi connectivity index (χ0) is 14.4. The number of aliphatic carboxylic acids is 1. The maximum absolute atomic E-state index is 10.7. The molecule has 0 aliphatic carbocycles. The predicted octanol–water partition coefficient (Wildman–Crippen LogP) is 3.05. The first-order chi connectivity index (χ1) is 8.95. The quantitative estimate of drug-likeness (QED) is 0.493. The number of nitrogens with zero attached hydrogens (tertiary/aromatic N) is 1. The second-order valence-corrected chi connectivity index (χ2v) is 3.98. The Kier molecular flexibility index (Phi) is 5.32. The number of carboxylic acid groups (broad SMARTS) is 1. The third kappa shape index (κ3) is 4.26. The highest BCUT2D eigenvalue weighted by Gasteiger charge is 2.12. The van der Waals surface area contributed by atoms with Gasteiger partial charge in [-0.3, -0.25) is 10.1 Å². The Hall–Kier alpha value is -2.08. The molecule has 0 radical (unpaired) electrons. The van der Waals surface area contributed by atoms with E-state index in [1.54, 1.807) is 6.92 Å². The Balaban J connectivity index is 2.72. The Morgan fingerprint density at radius 2 is 2.26 bits per heavy atom. The minimum Gasteiger partial charge on any atom is -0.489 e. The SMILES string of the molecule is CCC(=CCOc1ccc([N+](=O)[O-])c(Cl)c1)C(=O)O. The number of nitro groups is 1. The van der Waals surface area contributed by atoms with Crippen LogP contribution in [0.3, 0.4) is 0 Å². The summed E-state index contributed by atoms with van der Waals surface area (Å²) in [4.78, 5) is 20.7. The molecule has 0 aliphatic rings. The summed E-state index contributed by atoms with van der Waals surface area (Å²) in [7, 11) is 0. The van der Waals surface area contributed by atoms with E-state index in [2.05, 4.69) is 0 Å². The smallest absolute Gasteiger partial charge is 0.331 e. The molecule has 0 aromatic heterocycles. The van der Waals surface area contributed by atoms with Crippen LogP contribution in [0, 0.1) is 10.1 Å². The molecule has 0 unspecified atom stereocenters. The molecule has 0 bridgehead atoms. The molecular weight excluding hydrogens is 274 g/mol. The highest BCUT2D eigenvalue weighted by Crippen LogP contribution is 2.28. The largest absolute Gasteiger partial charge is 0.489 e. The number of carbonyl (C=O) groups is 1. The van der Waals surface area contributed by atoms with Crippen LogP contribution in [0.25, 0.3) is 0 Å². The molecule has 1 aromatic carbocycles. The molecule has 0 saturated carbocycles. The van der Waals surface area contributed by atoms with E-state index in [-0.39, 0.29) is 22.9 Å². The number of rotatable bonds is 6. The highest BCUT2D eigenvalue weighted by atomic mass is 35.5. The van der Waals surface area contributed by atoms with Crippen molar-refractivity contribution in [2.45, 2.75) is 13.3 Å². The van der Waals surface area contributed by atoms with Crippen molar-refractivity contribution in [2.75, 3.05) is 6.61 Å². The number of benzene rings is 1.